The van der Waals surface area contributed by atoms with Crippen LogP contribution in [0.3, 0.4) is 0 Å². The molecule has 0 radical (unpaired) electrons. The van der Waals surface area contributed by atoms with E-state index in [-0.39, 0.29) is 16.5 Å². The maximum Gasteiger partial charge on any atom is 0.292 e. The second-order valence-corrected chi connectivity index (χ2v) is 8.16. The minimum atomic E-state index is -0.398. The average Bonchev–Trinajstić information content (AvgIpc) is 2.89. The van der Waals surface area contributed by atoms with Crippen molar-refractivity contribution in [2.75, 3.05) is 31.1 Å². The molecule has 1 aliphatic rings. The van der Waals surface area contributed by atoms with E-state index in [1.807, 2.05) is 60.9 Å². The summed E-state index contributed by atoms with van der Waals surface area (Å²) in [6, 6.07) is 9.20. The van der Waals surface area contributed by atoms with Crippen LogP contribution in [0.1, 0.15) is 27.2 Å². The third-order valence-corrected chi connectivity index (χ3v) is 5.02. The topological polar surface area (TPSA) is 58.4 Å². The standard InChI is InChI=1S/C20H25ClN4O2/c1-20(2,3)19(27)24-11-7-10-23(12-13-24)16-14-22-25(18(26)17(16)21)15-8-5-4-6-9-15/h4-6,8-9,14H,7,10-13H2,1-3H3. The summed E-state index contributed by atoms with van der Waals surface area (Å²) in [6.45, 7) is 8.46. The highest BCUT2D eigenvalue weighted by atomic mass is 35.5. The highest BCUT2D eigenvalue weighted by molar-refractivity contribution is 6.33. The third-order valence-electron chi connectivity index (χ3n) is 4.67. The van der Waals surface area contributed by atoms with Gasteiger partial charge >= 0.3 is 0 Å². The molecule has 27 heavy (non-hydrogen) atoms. The van der Waals surface area contributed by atoms with Crippen LogP contribution in [0.2, 0.25) is 5.02 Å². The summed E-state index contributed by atoms with van der Waals surface area (Å²) in [6.07, 6.45) is 2.46. The van der Waals surface area contributed by atoms with Gasteiger partial charge in [0.25, 0.3) is 5.56 Å². The first-order valence-corrected chi connectivity index (χ1v) is 9.54. The predicted molar refractivity (Wildman–Crippen MR) is 108 cm³/mol. The maximum absolute atomic E-state index is 12.7. The number of nitrogens with zero attached hydrogens (tertiary/aromatic N) is 4. The summed E-state index contributed by atoms with van der Waals surface area (Å²) in [5, 5.41) is 4.46. The summed E-state index contributed by atoms with van der Waals surface area (Å²) in [5.74, 6) is 0.146. The Hall–Kier alpha value is -2.34. The van der Waals surface area contributed by atoms with Crippen LogP contribution in [-0.2, 0) is 4.79 Å². The molecule has 0 N–H and O–H groups in total. The quantitative estimate of drug-likeness (QED) is 0.793. The van der Waals surface area contributed by atoms with Crippen molar-refractivity contribution in [1.82, 2.24) is 14.7 Å². The van der Waals surface area contributed by atoms with Crippen LogP contribution in [0.4, 0.5) is 5.69 Å². The molecule has 6 nitrogen and oxygen atoms in total. The van der Waals surface area contributed by atoms with Crippen molar-refractivity contribution in [2.45, 2.75) is 27.2 Å². The number of rotatable bonds is 2. The van der Waals surface area contributed by atoms with Gasteiger partial charge in [0.1, 0.15) is 5.02 Å². The molecular weight excluding hydrogens is 364 g/mol. The molecule has 2 aromatic rings. The lowest BCUT2D eigenvalue weighted by molar-refractivity contribution is -0.139. The van der Waals surface area contributed by atoms with Gasteiger partial charge in [-0.1, -0.05) is 50.6 Å². The summed E-state index contributed by atoms with van der Waals surface area (Å²) >= 11 is 6.41. The number of benzene rings is 1. The number of aromatic nitrogens is 2. The molecule has 1 aromatic carbocycles. The maximum atomic E-state index is 12.7. The molecule has 0 spiro atoms. The fraction of sp³-hybridized carbons (Fsp3) is 0.450. The third kappa shape index (κ3) is 4.16. The molecule has 1 amide bonds. The molecule has 2 heterocycles. The Kier molecular flexibility index (Phi) is 5.56. The van der Waals surface area contributed by atoms with Crippen molar-refractivity contribution in [3.63, 3.8) is 0 Å². The fourth-order valence-electron chi connectivity index (χ4n) is 3.23. The molecule has 144 valence electrons. The molecule has 0 unspecified atom stereocenters. The van der Waals surface area contributed by atoms with Gasteiger partial charge in [-0.2, -0.15) is 9.78 Å². The lowest BCUT2D eigenvalue weighted by Crippen LogP contribution is -2.41. The minimum absolute atomic E-state index is 0.146. The Labute approximate surface area is 164 Å². The van der Waals surface area contributed by atoms with E-state index in [0.717, 1.165) is 13.0 Å². The molecule has 0 bridgehead atoms. The summed E-state index contributed by atoms with van der Waals surface area (Å²) in [7, 11) is 0. The Morgan fingerprint density at radius 1 is 1.07 bits per heavy atom. The van der Waals surface area contributed by atoms with E-state index in [0.29, 0.717) is 31.0 Å². The number of para-hydroxylation sites is 1. The van der Waals surface area contributed by atoms with Crippen molar-refractivity contribution < 1.29 is 4.79 Å². The molecule has 0 aliphatic carbocycles. The summed E-state index contributed by atoms with van der Waals surface area (Å²) < 4.78 is 1.30. The van der Waals surface area contributed by atoms with Crippen LogP contribution in [0.25, 0.3) is 5.69 Å². The molecular formula is C20H25ClN4O2. The van der Waals surface area contributed by atoms with E-state index >= 15 is 0 Å². The first-order chi connectivity index (χ1) is 12.8. The van der Waals surface area contributed by atoms with Crippen LogP contribution in [0, 0.1) is 5.41 Å². The van der Waals surface area contributed by atoms with Crippen molar-refractivity contribution in [1.29, 1.82) is 0 Å². The number of halogens is 1. The zero-order valence-corrected chi connectivity index (χ0v) is 16.7. The molecule has 1 fully saturated rings. The van der Waals surface area contributed by atoms with Gasteiger partial charge in [-0.25, -0.2) is 0 Å². The average molecular weight is 389 g/mol. The Morgan fingerprint density at radius 2 is 1.78 bits per heavy atom. The number of anilines is 1. The minimum Gasteiger partial charge on any atom is -0.367 e. The van der Waals surface area contributed by atoms with Crippen molar-refractivity contribution in [3.05, 3.63) is 51.9 Å². The molecule has 7 heteroatoms. The van der Waals surface area contributed by atoms with Crippen LogP contribution in [0.15, 0.2) is 41.3 Å². The molecule has 0 saturated carbocycles. The van der Waals surface area contributed by atoms with E-state index in [4.69, 9.17) is 11.6 Å². The Balaban J connectivity index is 1.82. The highest BCUT2D eigenvalue weighted by Gasteiger charge is 2.29. The molecule has 3 rings (SSSR count). The van der Waals surface area contributed by atoms with Gasteiger partial charge in [0.15, 0.2) is 0 Å². The van der Waals surface area contributed by atoms with Gasteiger partial charge in [-0.15, -0.1) is 0 Å². The van der Waals surface area contributed by atoms with E-state index in [9.17, 15) is 9.59 Å². The van der Waals surface area contributed by atoms with E-state index in [1.54, 1.807) is 6.20 Å². The molecule has 1 aromatic heterocycles. The van der Waals surface area contributed by atoms with E-state index in [1.165, 1.54) is 4.68 Å². The normalized spacial score (nSPS) is 15.6. The van der Waals surface area contributed by atoms with Crippen LogP contribution in [-0.4, -0.2) is 46.8 Å². The second-order valence-electron chi connectivity index (χ2n) is 7.78. The van der Waals surface area contributed by atoms with Gasteiger partial charge in [0.05, 0.1) is 17.6 Å². The van der Waals surface area contributed by atoms with Crippen LogP contribution >= 0.6 is 11.6 Å². The number of hydrogen-bond donors (Lipinski definition) is 0. The van der Waals surface area contributed by atoms with Crippen LogP contribution < -0.4 is 10.5 Å². The lowest BCUT2D eigenvalue weighted by Gasteiger charge is -2.28. The first kappa shape index (κ1) is 19.4. The second kappa shape index (κ2) is 7.72. The number of carbonyl (C=O) groups is 1. The fourth-order valence-corrected chi connectivity index (χ4v) is 3.48. The zero-order chi connectivity index (χ0) is 19.6. The number of amides is 1. The summed E-state index contributed by atoms with van der Waals surface area (Å²) in [4.78, 5) is 29.2. The Bertz CT molecular complexity index is 874. The van der Waals surface area contributed by atoms with Gasteiger partial charge in [0.2, 0.25) is 5.91 Å². The zero-order valence-electron chi connectivity index (χ0n) is 16.0. The highest BCUT2D eigenvalue weighted by Crippen LogP contribution is 2.24. The van der Waals surface area contributed by atoms with Gasteiger partial charge in [-0.3, -0.25) is 9.59 Å². The van der Waals surface area contributed by atoms with Gasteiger partial charge < -0.3 is 9.80 Å². The van der Waals surface area contributed by atoms with E-state index in [2.05, 4.69) is 5.10 Å². The molecule has 1 saturated heterocycles. The number of carbonyl (C=O) groups excluding carboxylic acids is 1. The monoisotopic (exact) mass is 388 g/mol. The molecule has 1 aliphatic heterocycles. The molecule has 0 atom stereocenters. The largest absolute Gasteiger partial charge is 0.367 e. The first-order valence-electron chi connectivity index (χ1n) is 9.16. The Morgan fingerprint density at radius 3 is 2.44 bits per heavy atom. The SMILES string of the molecule is CC(C)(C)C(=O)N1CCCN(c2cnn(-c3ccccc3)c(=O)c2Cl)CC1. The van der Waals surface area contributed by atoms with Gasteiger partial charge in [-0.05, 0) is 18.6 Å². The summed E-state index contributed by atoms with van der Waals surface area (Å²) in [5.41, 5.74) is 0.560. The smallest absolute Gasteiger partial charge is 0.292 e. The predicted octanol–water partition coefficient (Wildman–Crippen LogP) is 2.97. The van der Waals surface area contributed by atoms with Crippen molar-refractivity contribution >= 4 is 23.2 Å². The van der Waals surface area contributed by atoms with Crippen LogP contribution in [0.5, 0.6) is 0 Å². The lowest BCUT2D eigenvalue weighted by atomic mass is 9.94. The van der Waals surface area contributed by atoms with Crippen molar-refractivity contribution in [2.24, 2.45) is 5.41 Å². The van der Waals surface area contributed by atoms with E-state index < -0.39 is 5.41 Å². The van der Waals surface area contributed by atoms with Gasteiger partial charge in [0, 0.05) is 31.6 Å². The van der Waals surface area contributed by atoms with Crippen molar-refractivity contribution in [3.8, 4) is 5.69 Å². The number of hydrogen-bond acceptors (Lipinski definition) is 4.